The van der Waals surface area contributed by atoms with Crippen molar-refractivity contribution in [1.82, 2.24) is 10.3 Å². The van der Waals surface area contributed by atoms with E-state index in [0.717, 1.165) is 12.1 Å². The Bertz CT molecular complexity index is 1170. The van der Waals surface area contributed by atoms with E-state index in [-0.39, 0.29) is 24.3 Å². The number of fused-ring (bicyclic) bond motifs is 1. The van der Waals surface area contributed by atoms with Gasteiger partial charge in [-0.15, -0.1) is 0 Å². The second kappa shape index (κ2) is 8.46. The molecule has 0 bridgehead atoms. The molecule has 2 aromatic carbocycles. The fraction of sp³-hybridized carbons (Fsp3) is 0.200. The van der Waals surface area contributed by atoms with E-state index in [2.05, 4.69) is 15.6 Å². The number of hydrogen-bond acceptors (Lipinski definition) is 5. The van der Waals surface area contributed by atoms with Crippen molar-refractivity contribution in [3.8, 4) is 0 Å². The Morgan fingerprint density at radius 2 is 1.84 bits per heavy atom. The van der Waals surface area contributed by atoms with E-state index in [1.165, 1.54) is 0 Å². The number of benzene rings is 2. The van der Waals surface area contributed by atoms with E-state index < -0.39 is 34.0 Å². The molecular weight excluding hydrogens is 417 g/mol. The predicted octanol–water partition coefficient (Wildman–Crippen LogP) is 3.81. The molecule has 0 radical (unpaired) electrons. The van der Waals surface area contributed by atoms with E-state index in [9.17, 15) is 32.9 Å². The molecule has 0 fully saturated rings. The SMILES string of the molecule is Cc1[nH]c2ccccc2c1C(=O)C(=O)NCCNc1ccc(C(F)(F)F)cc1[N+](=O)[O-]. The van der Waals surface area contributed by atoms with Gasteiger partial charge < -0.3 is 15.6 Å². The molecule has 0 atom stereocenters. The maximum Gasteiger partial charge on any atom is 0.416 e. The Morgan fingerprint density at radius 3 is 2.52 bits per heavy atom. The fourth-order valence-electron chi connectivity index (χ4n) is 3.14. The monoisotopic (exact) mass is 434 g/mol. The summed E-state index contributed by atoms with van der Waals surface area (Å²) in [4.78, 5) is 38.0. The number of carbonyl (C=O) groups is 2. The number of aromatic nitrogens is 1. The summed E-state index contributed by atoms with van der Waals surface area (Å²) < 4.78 is 38.3. The smallest absolute Gasteiger partial charge is 0.378 e. The Labute approximate surface area is 173 Å². The summed E-state index contributed by atoms with van der Waals surface area (Å²) in [7, 11) is 0. The molecule has 3 aromatic rings. The molecule has 3 N–H and O–H groups in total. The minimum atomic E-state index is -4.71. The molecule has 0 saturated carbocycles. The maximum absolute atomic E-state index is 12.8. The van der Waals surface area contributed by atoms with Crippen molar-refractivity contribution in [3.63, 3.8) is 0 Å². The number of halogens is 3. The highest BCUT2D eigenvalue weighted by molar-refractivity contribution is 6.45. The molecule has 0 saturated heterocycles. The Kier molecular flexibility index (Phi) is 5.95. The van der Waals surface area contributed by atoms with Gasteiger partial charge in [-0.1, -0.05) is 18.2 Å². The van der Waals surface area contributed by atoms with Crippen LogP contribution in [0.25, 0.3) is 10.9 Å². The summed E-state index contributed by atoms with van der Waals surface area (Å²) in [6.07, 6.45) is -4.71. The molecule has 0 unspecified atom stereocenters. The van der Waals surface area contributed by atoms with Gasteiger partial charge in [-0.3, -0.25) is 19.7 Å². The average Bonchev–Trinajstić information content (AvgIpc) is 3.05. The van der Waals surface area contributed by atoms with E-state index >= 15 is 0 Å². The van der Waals surface area contributed by atoms with Crippen LogP contribution in [0.15, 0.2) is 42.5 Å². The van der Waals surface area contributed by atoms with E-state index in [4.69, 9.17) is 0 Å². The maximum atomic E-state index is 12.8. The third-order valence-corrected chi connectivity index (χ3v) is 4.57. The second-order valence-corrected chi connectivity index (χ2v) is 6.67. The van der Waals surface area contributed by atoms with Crippen molar-refractivity contribution in [2.45, 2.75) is 13.1 Å². The molecule has 162 valence electrons. The third-order valence-electron chi connectivity index (χ3n) is 4.57. The number of carbonyl (C=O) groups excluding carboxylic acids is 2. The number of para-hydroxylation sites is 1. The van der Waals surface area contributed by atoms with Gasteiger partial charge in [0.2, 0.25) is 0 Å². The first-order valence-corrected chi connectivity index (χ1v) is 9.09. The topological polar surface area (TPSA) is 117 Å². The van der Waals surface area contributed by atoms with Crippen LogP contribution in [0.5, 0.6) is 0 Å². The minimum absolute atomic E-state index is 0.0436. The summed E-state index contributed by atoms with van der Waals surface area (Å²) >= 11 is 0. The zero-order chi connectivity index (χ0) is 22.8. The Morgan fingerprint density at radius 1 is 1.13 bits per heavy atom. The third kappa shape index (κ3) is 4.65. The number of anilines is 1. The normalized spacial score (nSPS) is 11.4. The lowest BCUT2D eigenvalue weighted by atomic mass is 10.1. The quantitative estimate of drug-likeness (QED) is 0.172. The van der Waals surface area contributed by atoms with Crippen LogP contribution in [0.2, 0.25) is 0 Å². The number of aromatic amines is 1. The zero-order valence-corrected chi connectivity index (χ0v) is 16.2. The van der Waals surface area contributed by atoms with Crippen molar-refractivity contribution in [2.24, 2.45) is 0 Å². The molecule has 1 heterocycles. The predicted molar refractivity (Wildman–Crippen MR) is 107 cm³/mol. The first-order valence-electron chi connectivity index (χ1n) is 9.09. The van der Waals surface area contributed by atoms with Crippen LogP contribution in [0.4, 0.5) is 24.5 Å². The van der Waals surface area contributed by atoms with Gasteiger partial charge in [-0.05, 0) is 25.1 Å². The standard InChI is InChI=1S/C20H17F3N4O4/c1-11-17(13-4-2-3-5-14(13)26-11)18(28)19(29)25-9-8-24-15-7-6-12(20(21,22)23)10-16(15)27(30)31/h2-7,10,24,26H,8-9H2,1H3,(H,25,29). The van der Waals surface area contributed by atoms with Crippen LogP contribution in [-0.4, -0.2) is 34.7 Å². The number of nitro groups is 1. The Balaban J connectivity index is 1.63. The van der Waals surface area contributed by atoms with Gasteiger partial charge >= 0.3 is 6.18 Å². The summed E-state index contributed by atoms with van der Waals surface area (Å²) in [5.41, 5.74) is -0.512. The number of aryl methyl sites for hydroxylation is 1. The van der Waals surface area contributed by atoms with E-state index in [1.807, 2.05) is 0 Å². The number of H-pyrrole nitrogens is 1. The molecule has 1 amide bonds. The number of ketones is 1. The summed E-state index contributed by atoms with van der Waals surface area (Å²) in [5.74, 6) is -1.60. The minimum Gasteiger partial charge on any atom is -0.378 e. The molecule has 0 aliphatic rings. The molecule has 1 aromatic heterocycles. The molecular formula is C20H17F3N4O4. The Hall–Kier alpha value is -3.89. The number of nitrogens with zero attached hydrogens (tertiary/aromatic N) is 1. The number of nitro benzene ring substituents is 1. The fourth-order valence-corrected chi connectivity index (χ4v) is 3.14. The van der Waals surface area contributed by atoms with Gasteiger partial charge in [0.25, 0.3) is 17.4 Å². The molecule has 0 spiro atoms. The highest BCUT2D eigenvalue weighted by atomic mass is 19.4. The van der Waals surface area contributed by atoms with Crippen LogP contribution in [0, 0.1) is 17.0 Å². The number of rotatable bonds is 7. The lowest BCUT2D eigenvalue weighted by Crippen LogP contribution is -2.34. The van der Waals surface area contributed by atoms with Crippen LogP contribution >= 0.6 is 0 Å². The lowest BCUT2D eigenvalue weighted by Gasteiger charge is -2.11. The van der Waals surface area contributed by atoms with E-state index in [1.54, 1.807) is 31.2 Å². The molecule has 0 aliphatic heterocycles. The largest absolute Gasteiger partial charge is 0.416 e. The molecule has 31 heavy (non-hydrogen) atoms. The molecule has 3 rings (SSSR count). The first kappa shape index (κ1) is 21.8. The second-order valence-electron chi connectivity index (χ2n) is 6.67. The van der Waals surface area contributed by atoms with Crippen LogP contribution in [-0.2, 0) is 11.0 Å². The van der Waals surface area contributed by atoms with Crippen LogP contribution in [0.1, 0.15) is 21.6 Å². The molecule has 8 nitrogen and oxygen atoms in total. The van der Waals surface area contributed by atoms with Gasteiger partial charge in [0.1, 0.15) is 5.69 Å². The molecule has 11 heteroatoms. The van der Waals surface area contributed by atoms with Crippen molar-refractivity contribution in [3.05, 3.63) is 69.4 Å². The van der Waals surface area contributed by atoms with Crippen LogP contribution < -0.4 is 10.6 Å². The number of nitrogens with one attached hydrogen (secondary N) is 3. The van der Waals surface area contributed by atoms with E-state index in [0.29, 0.717) is 22.7 Å². The number of hydrogen-bond donors (Lipinski definition) is 3. The van der Waals surface area contributed by atoms with Gasteiger partial charge in [-0.2, -0.15) is 13.2 Å². The summed E-state index contributed by atoms with van der Waals surface area (Å²) in [6, 6.07) is 9.12. The number of amides is 1. The van der Waals surface area contributed by atoms with Crippen molar-refractivity contribution in [2.75, 3.05) is 18.4 Å². The zero-order valence-electron chi connectivity index (χ0n) is 16.2. The number of alkyl halides is 3. The molecule has 0 aliphatic carbocycles. The summed E-state index contributed by atoms with van der Waals surface area (Å²) in [6.45, 7) is 1.55. The van der Waals surface area contributed by atoms with Gasteiger partial charge in [0, 0.05) is 35.8 Å². The van der Waals surface area contributed by atoms with Crippen molar-refractivity contribution >= 4 is 34.0 Å². The average molecular weight is 434 g/mol. The lowest BCUT2D eigenvalue weighted by molar-refractivity contribution is -0.384. The van der Waals surface area contributed by atoms with Crippen LogP contribution in [0.3, 0.4) is 0 Å². The number of Topliss-reactive ketones (excluding diaryl/α,β-unsaturated/α-hetero) is 1. The highest BCUT2D eigenvalue weighted by Gasteiger charge is 2.33. The van der Waals surface area contributed by atoms with Crippen molar-refractivity contribution in [1.29, 1.82) is 0 Å². The highest BCUT2D eigenvalue weighted by Crippen LogP contribution is 2.34. The van der Waals surface area contributed by atoms with Gasteiger partial charge in [0.15, 0.2) is 0 Å². The first-order chi connectivity index (χ1) is 14.6. The summed E-state index contributed by atoms with van der Waals surface area (Å²) in [5, 5.41) is 16.7. The van der Waals surface area contributed by atoms with Gasteiger partial charge in [-0.25, -0.2) is 0 Å². The van der Waals surface area contributed by atoms with Crippen molar-refractivity contribution < 1.29 is 27.7 Å². The van der Waals surface area contributed by atoms with Gasteiger partial charge in [0.05, 0.1) is 16.1 Å².